The first-order chi connectivity index (χ1) is 9.24. The molecule has 3 nitrogen and oxygen atoms in total. The topological polar surface area (TPSA) is 34.1 Å². The predicted octanol–water partition coefficient (Wildman–Crippen LogP) is 3.56. The van der Waals surface area contributed by atoms with Gasteiger partial charge in [0.25, 0.3) is 0 Å². The molecular weight excluding hydrogens is 283 g/mol. The first-order valence-electron chi connectivity index (χ1n) is 5.93. The molecule has 0 radical (unpaired) electrons. The summed E-state index contributed by atoms with van der Waals surface area (Å²) in [5.41, 5.74) is 1.01. The van der Waals surface area contributed by atoms with Crippen molar-refractivity contribution in [2.45, 2.75) is 6.54 Å². The lowest BCUT2D eigenvalue weighted by Gasteiger charge is -2.08. The highest BCUT2D eigenvalue weighted by Gasteiger charge is 1.99. The van der Waals surface area contributed by atoms with Crippen LogP contribution in [0.15, 0.2) is 42.6 Å². The standard InChI is InChI=1S/C14H14Cl2N2O/c15-11-7-12(16)9-14(8-11)19-6-5-17-10-13-3-1-2-4-18-13/h1-4,7-9,17H,5-6,10H2. The average molecular weight is 297 g/mol. The number of hydrogen-bond acceptors (Lipinski definition) is 3. The van der Waals surface area contributed by atoms with Crippen LogP contribution in [0, 0.1) is 0 Å². The molecule has 19 heavy (non-hydrogen) atoms. The van der Waals surface area contributed by atoms with Gasteiger partial charge in [-0.15, -0.1) is 0 Å². The maximum atomic E-state index is 5.88. The summed E-state index contributed by atoms with van der Waals surface area (Å²) in [5.74, 6) is 0.678. The highest BCUT2D eigenvalue weighted by molar-refractivity contribution is 6.34. The van der Waals surface area contributed by atoms with Crippen LogP contribution in [0.2, 0.25) is 10.0 Å². The van der Waals surface area contributed by atoms with Gasteiger partial charge in [-0.2, -0.15) is 0 Å². The molecule has 5 heteroatoms. The van der Waals surface area contributed by atoms with Crippen molar-refractivity contribution in [1.82, 2.24) is 10.3 Å². The summed E-state index contributed by atoms with van der Waals surface area (Å²) >= 11 is 11.8. The van der Waals surface area contributed by atoms with E-state index in [2.05, 4.69) is 10.3 Å². The summed E-state index contributed by atoms with van der Waals surface area (Å²) in [4.78, 5) is 4.22. The second-order valence-corrected chi connectivity index (χ2v) is 4.82. The molecule has 0 saturated heterocycles. The highest BCUT2D eigenvalue weighted by Crippen LogP contribution is 2.23. The molecule has 0 spiro atoms. The van der Waals surface area contributed by atoms with Gasteiger partial charge in [0.15, 0.2) is 0 Å². The van der Waals surface area contributed by atoms with Gasteiger partial charge in [0, 0.05) is 29.3 Å². The van der Waals surface area contributed by atoms with E-state index in [1.807, 2.05) is 18.2 Å². The zero-order valence-corrected chi connectivity index (χ0v) is 11.8. The second-order valence-electron chi connectivity index (χ2n) is 3.95. The minimum absolute atomic E-state index is 0.545. The largest absolute Gasteiger partial charge is 0.492 e. The van der Waals surface area contributed by atoms with Crippen LogP contribution in [0.25, 0.3) is 0 Å². The Morgan fingerprint density at radius 3 is 2.58 bits per heavy atom. The molecule has 0 saturated carbocycles. The van der Waals surface area contributed by atoms with Crippen LogP contribution in [0.4, 0.5) is 0 Å². The summed E-state index contributed by atoms with van der Waals surface area (Å²) in [6, 6.07) is 11.0. The molecule has 0 aliphatic rings. The van der Waals surface area contributed by atoms with E-state index in [4.69, 9.17) is 27.9 Å². The van der Waals surface area contributed by atoms with Gasteiger partial charge in [-0.05, 0) is 30.3 Å². The van der Waals surface area contributed by atoms with Crippen LogP contribution in [0.1, 0.15) is 5.69 Å². The van der Waals surface area contributed by atoms with E-state index in [-0.39, 0.29) is 0 Å². The minimum atomic E-state index is 0.545. The molecule has 1 aromatic heterocycles. The summed E-state index contributed by atoms with van der Waals surface area (Å²) in [7, 11) is 0. The molecule has 2 aromatic rings. The number of hydrogen-bond donors (Lipinski definition) is 1. The van der Waals surface area contributed by atoms with Crippen molar-refractivity contribution in [2.75, 3.05) is 13.2 Å². The molecule has 0 bridgehead atoms. The molecule has 100 valence electrons. The summed E-state index contributed by atoms with van der Waals surface area (Å²) in [5, 5.41) is 4.39. The quantitative estimate of drug-likeness (QED) is 0.828. The molecule has 0 atom stereocenters. The Kier molecular flexibility index (Phi) is 5.45. The van der Waals surface area contributed by atoms with Gasteiger partial charge in [-0.3, -0.25) is 4.98 Å². The maximum Gasteiger partial charge on any atom is 0.122 e. The number of benzene rings is 1. The van der Waals surface area contributed by atoms with Gasteiger partial charge >= 0.3 is 0 Å². The van der Waals surface area contributed by atoms with E-state index in [0.29, 0.717) is 22.4 Å². The first-order valence-corrected chi connectivity index (χ1v) is 6.69. The average Bonchev–Trinajstić information content (AvgIpc) is 2.38. The van der Waals surface area contributed by atoms with Crippen molar-refractivity contribution in [3.8, 4) is 5.75 Å². The molecule has 1 aromatic carbocycles. The molecule has 0 aliphatic heterocycles. The smallest absolute Gasteiger partial charge is 0.122 e. The number of ether oxygens (including phenoxy) is 1. The third-order valence-electron chi connectivity index (χ3n) is 2.42. The zero-order valence-electron chi connectivity index (χ0n) is 10.3. The van der Waals surface area contributed by atoms with Crippen LogP contribution in [-0.4, -0.2) is 18.1 Å². The van der Waals surface area contributed by atoms with Gasteiger partial charge in [0.05, 0.1) is 5.69 Å². The Balaban J connectivity index is 1.69. The Hall–Kier alpha value is -1.29. The Bertz CT molecular complexity index is 500. The minimum Gasteiger partial charge on any atom is -0.492 e. The molecule has 0 aliphatic carbocycles. The molecule has 0 unspecified atom stereocenters. The number of aromatic nitrogens is 1. The highest BCUT2D eigenvalue weighted by atomic mass is 35.5. The van der Waals surface area contributed by atoms with E-state index < -0.39 is 0 Å². The number of rotatable bonds is 6. The van der Waals surface area contributed by atoms with Gasteiger partial charge in [-0.25, -0.2) is 0 Å². The summed E-state index contributed by atoms with van der Waals surface area (Å²) in [6.07, 6.45) is 1.78. The van der Waals surface area contributed by atoms with Crippen molar-refractivity contribution in [3.05, 3.63) is 58.3 Å². The van der Waals surface area contributed by atoms with Crippen molar-refractivity contribution < 1.29 is 4.74 Å². The monoisotopic (exact) mass is 296 g/mol. The van der Waals surface area contributed by atoms with E-state index in [1.165, 1.54) is 0 Å². The van der Waals surface area contributed by atoms with Crippen molar-refractivity contribution in [3.63, 3.8) is 0 Å². The SMILES string of the molecule is Clc1cc(Cl)cc(OCCNCc2ccccn2)c1. The zero-order chi connectivity index (χ0) is 13.5. The van der Waals surface area contributed by atoms with E-state index in [1.54, 1.807) is 24.4 Å². The van der Waals surface area contributed by atoms with Crippen molar-refractivity contribution in [2.24, 2.45) is 0 Å². The molecule has 0 amide bonds. The van der Waals surface area contributed by atoms with E-state index in [0.717, 1.165) is 18.8 Å². The van der Waals surface area contributed by atoms with Crippen molar-refractivity contribution in [1.29, 1.82) is 0 Å². The number of nitrogens with zero attached hydrogens (tertiary/aromatic N) is 1. The fourth-order valence-corrected chi connectivity index (χ4v) is 2.08. The summed E-state index contributed by atoms with van der Waals surface area (Å²) in [6.45, 7) is 1.99. The predicted molar refractivity (Wildman–Crippen MR) is 77.9 cm³/mol. The summed E-state index contributed by atoms with van der Waals surface area (Å²) < 4.78 is 5.55. The van der Waals surface area contributed by atoms with Crippen LogP contribution in [0.5, 0.6) is 5.75 Å². The first kappa shape index (κ1) is 14.1. The molecular formula is C14H14Cl2N2O. The van der Waals surface area contributed by atoms with Gasteiger partial charge in [-0.1, -0.05) is 29.3 Å². The third kappa shape index (κ3) is 5.07. The van der Waals surface area contributed by atoms with Gasteiger partial charge in [0.1, 0.15) is 12.4 Å². The molecule has 1 N–H and O–H groups in total. The van der Waals surface area contributed by atoms with Crippen molar-refractivity contribution >= 4 is 23.2 Å². The number of halogens is 2. The van der Waals surface area contributed by atoms with Crippen LogP contribution >= 0.6 is 23.2 Å². The lowest BCUT2D eigenvalue weighted by atomic mass is 10.3. The van der Waals surface area contributed by atoms with Crippen LogP contribution in [0.3, 0.4) is 0 Å². The lowest BCUT2D eigenvalue weighted by molar-refractivity contribution is 0.313. The fraction of sp³-hybridized carbons (Fsp3) is 0.214. The Morgan fingerprint density at radius 2 is 1.89 bits per heavy atom. The number of nitrogens with one attached hydrogen (secondary N) is 1. The van der Waals surface area contributed by atoms with E-state index >= 15 is 0 Å². The van der Waals surface area contributed by atoms with E-state index in [9.17, 15) is 0 Å². The van der Waals surface area contributed by atoms with Crippen LogP contribution < -0.4 is 10.1 Å². The lowest BCUT2D eigenvalue weighted by Crippen LogP contribution is -2.21. The molecule has 2 rings (SSSR count). The number of pyridine rings is 1. The van der Waals surface area contributed by atoms with Gasteiger partial charge in [0.2, 0.25) is 0 Å². The fourth-order valence-electron chi connectivity index (χ4n) is 1.57. The van der Waals surface area contributed by atoms with Gasteiger partial charge < -0.3 is 10.1 Å². The third-order valence-corrected chi connectivity index (χ3v) is 2.85. The Labute approximate surface area is 122 Å². The molecule has 0 fully saturated rings. The maximum absolute atomic E-state index is 5.88. The Morgan fingerprint density at radius 1 is 1.11 bits per heavy atom. The van der Waals surface area contributed by atoms with Crippen LogP contribution in [-0.2, 0) is 6.54 Å². The second kappa shape index (κ2) is 7.34. The normalized spacial score (nSPS) is 10.4. The molecule has 1 heterocycles.